The SMILES string of the molecule is CC(C)(C)C1=CC(C(C)(C)C)OC1=O.CC(C)(C)C1=NOC(C(C)(C)C)C1.CC(C)(C)C1CN(C(C)(C)C)C(=O)O1.CC(C)(C)c1cn(C(C)(C)C)oc1=O. The number of hydrogen-bond acceptors (Lipinski definition) is 8. The number of cyclic esters (lactones) is 2. The van der Waals surface area contributed by atoms with Crippen LogP contribution < -0.4 is 5.63 Å². The average Bonchev–Trinajstić information content (AvgIpc) is 3.71. The van der Waals surface area contributed by atoms with E-state index in [-0.39, 0.29) is 79.6 Å². The molecule has 1 aromatic rings. The van der Waals surface area contributed by atoms with Gasteiger partial charge < -0.3 is 18.8 Å². The maximum absolute atomic E-state index is 11.6. The molecule has 3 unspecified atom stereocenters. The molecule has 3 atom stereocenters. The monoisotopic (exact) mass is 776 g/mol. The van der Waals surface area contributed by atoms with Gasteiger partial charge >= 0.3 is 17.7 Å². The van der Waals surface area contributed by atoms with Crippen LogP contribution in [0.1, 0.15) is 178 Å². The maximum atomic E-state index is 11.6. The summed E-state index contributed by atoms with van der Waals surface area (Å²) in [5.74, 6) is -0.155. The van der Waals surface area contributed by atoms with E-state index in [0.29, 0.717) is 6.54 Å². The highest BCUT2D eigenvalue weighted by molar-refractivity contribution is 5.92. The highest BCUT2D eigenvalue weighted by Crippen LogP contribution is 2.37. The van der Waals surface area contributed by atoms with Crippen LogP contribution in [0.3, 0.4) is 0 Å². The first-order valence-electron chi connectivity index (χ1n) is 20.0. The zero-order chi connectivity index (χ0) is 43.7. The van der Waals surface area contributed by atoms with Gasteiger partial charge in [-0.15, -0.1) is 0 Å². The number of amides is 1. The van der Waals surface area contributed by atoms with Gasteiger partial charge in [-0.1, -0.05) is 130 Å². The summed E-state index contributed by atoms with van der Waals surface area (Å²) in [7, 11) is 0. The van der Waals surface area contributed by atoms with E-state index in [9.17, 15) is 14.4 Å². The van der Waals surface area contributed by atoms with E-state index >= 15 is 0 Å². The van der Waals surface area contributed by atoms with Crippen LogP contribution in [-0.4, -0.2) is 57.8 Å². The van der Waals surface area contributed by atoms with Gasteiger partial charge in [-0.05, 0) is 58.4 Å². The molecular weight excluding hydrogens is 695 g/mol. The van der Waals surface area contributed by atoms with Crippen molar-refractivity contribution in [1.29, 1.82) is 0 Å². The molecule has 0 N–H and O–H groups in total. The van der Waals surface area contributed by atoms with Gasteiger partial charge in [0.15, 0.2) is 0 Å². The molecule has 0 radical (unpaired) electrons. The molecule has 1 saturated heterocycles. The van der Waals surface area contributed by atoms with Crippen molar-refractivity contribution in [3.8, 4) is 0 Å². The lowest BCUT2D eigenvalue weighted by molar-refractivity contribution is -0.144. The number of ether oxygens (including phenoxy) is 2. The highest BCUT2D eigenvalue weighted by Gasteiger charge is 2.43. The summed E-state index contributed by atoms with van der Waals surface area (Å²) < 4.78 is 17.5. The van der Waals surface area contributed by atoms with Crippen LogP contribution in [0.4, 0.5) is 4.79 Å². The number of nitrogens with zero attached hydrogens (tertiary/aromatic N) is 3. The molecule has 0 spiro atoms. The summed E-state index contributed by atoms with van der Waals surface area (Å²) in [6.45, 7) is 50.5. The molecule has 1 aromatic heterocycles. The topological polar surface area (TPSA) is 113 Å². The first kappa shape index (κ1) is 50.0. The van der Waals surface area contributed by atoms with E-state index in [1.165, 1.54) is 5.71 Å². The Morgan fingerprint density at radius 2 is 1.09 bits per heavy atom. The van der Waals surface area contributed by atoms with Crippen LogP contribution in [0.5, 0.6) is 0 Å². The lowest BCUT2D eigenvalue weighted by Crippen LogP contribution is -2.43. The summed E-state index contributed by atoms with van der Waals surface area (Å²) in [6, 6.07) is 0. The van der Waals surface area contributed by atoms with Crippen molar-refractivity contribution in [2.24, 2.45) is 32.2 Å². The zero-order valence-corrected chi connectivity index (χ0v) is 39.5. The molecular formula is C45H81N3O7. The van der Waals surface area contributed by atoms with E-state index in [0.717, 1.165) is 17.6 Å². The van der Waals surface area contributed by atoms with E-state index in [1.54, 1.807) is 9.64 Å². The van der Waals surface area contributed by atoms with E-state index in [1.807, 2.05) is 95.4 Å². The summed E-state index contributed by atoms with van der Waals surface area (Å²) >= 11 is 0. The molecule has 0 aliphatic carbocycles. The van der Waals surface area contributed by atoms with E-state index < -0.39 is 0 Å². The lowest BCUT2D eigenvalue weighted by Gasteiger charge is -2.30. The van der Waals surface area contributed by atoms with Crippen molar-refractivity contribution in [2.75, 3.05) is 6.54 Å². The minimum absolute atomic E-state index is 0.00854. The molecule has 1 amide bonds. The largest absolute Gasteiger partial charge is 0.454 e. The molecule has 0 bridgehead atoms. The number of rotatable bonds is 0. The molecule has 4 rings (SSSR count). The third-order valence-electron chi connectivity index (χ3n) is 9.64. The fourth-order valence-corrected chi connectivity index (χ4v) is 5.33. The van der Waals surface area contributed by atoms with Crippen molar-refractivity contribution >= 4 is 17.8 Å². The number of hydrogen-bond donors (Lipinski definition) is 0. The average molecular weight is 776 g/mol. The number of oxime groups is 1. The molecule has 55 heavy (non-hydrogen) atoms. The first-order valence-corrected chi connectivity index (χ1v) is 20.0. The summed E-state index contributed by atoms with van der Waals surface area (Å²) in [6.07, 6.45) is 4.76. The summed E-state index contributed by atoms with van der Waals surface area (Å²) in [4.78, 5) is 42.0. The third kappa shape index (κ3) is 15.1. The quantitative estimate of drug-likeness (QED) is 0.241. The van der Waals surface area contributed by atoms with Crippen LogP contribution in [0.2, 0.25) is 0 Å². The minimum Gasteiger partial charge on any atom is -0.454 e. The Bertz CT molecular complexity index is 1570. The first-order chi connectivity index (χ1) is 24.1. The standard InChI is InChI=1S/C12H20O2.C11H21NO2.C11H19NO2.C11H21NO/c1-11(2,3)8-7-9(12(4,5)6)14-10(8)13;1-10(2,3)8-7-12(9(13)14-8)11(4,5)6;1-10(2,3)8-7-12(11(4,5)6)14-9(8)13;1-10(2,3)8-7-9(13-12-8)11(4,5)6/h7,9H,1-6H3;8H,7H2,1-6H3;7H,1-6H3;9H,7H2,1-6H3. The van der Waals surface area contributed by atoms with Crippen molar-refractivity contribution < 1.29 is 28.4 Å². The molecule has 318 valence electrons. The molecule has 1 fully saturated rings. The van der Waals surface area contributed by atoms with Gasteiger partial charge in [0.05, 0.1) is 29.6 Å². The number of carbonyl (C=O) groups excluding carboxylic acids is 2. The second-order valence-corrected chi connectivity index (χ2v) is 23.7. The predicted molar refractivity (Wildman–Crippen MR) is 226 cm³/mol. The molecule has 4 heterocycles. The Hall–Kier alpha value is -3.04. The summed E-state index contributed by atoms with van der Waals surface area (Å²) in [5, 5.41) is 4.17. The second-order valence-electron chi connectivity index (χ2n) is 23.7. The maximum Gasteiger partial charge on any atom is 0.410 e. The second kappa shape index (κ2) is 16.8. The zero-order valence-electron chi connectivity index (χ0n) is 39.5. The molecule has 0 aromatic carbocycles. The summed E-state index contributed by atoms with van der Waals surface area (Å²) in [5.41, 5.74) is 2.26. The fourth-order valence-electron chi connectivity index (χ4n) is 5.33. The van der Waals surface area contributed by atoms with Gasteiger partial charge in [0, 0.05) is 39.2 Å². The Morgan fingerprint density at radius 1 is 0.600 bits per heavy atom. The van der Waals surface area contributed by atoms with Gasteiger partial charge in [-0.25, -0.2) is 19.1 Å². The Labute approximate surface area is 335 Å². The predicted octanol–water partition coefficient (Wildman–Crippen LogP) is 11.3. The van der Waals surface area contributed by atoms with Crippen molar-refractivity contribution in [3.63, 3.8) is 0 Å². The minimum atomic E-state index is -0.229. The van der Waals surface area contributed by atoms with Crippen molar-refractivity contribution in [2.45, 2.75) is 207 Å². The van der Waals surface area contributed by atoms with Gasteiger partial charge in [0.25, 0.3) is 0 Å². The van der Waals surface area contributed by atoms with E-state index in [2.05, 4.69) is 88.2 Å². The molecule has 3 aliphatic heterocycles. The number of aromatic nitrogens is 1. The number of esters is 1. The molecule has 0 saturated carbocycles. The Kier molecular flexibility index (Phi) is 15.3. The highest BCUT2D eigenvalue weighted by atomic mass is 16.6. The Balaban J connectivity index is 0.000000367. The third-order valence-corrected chi connectivity index (χ3v) is 9.64. The van der Waals surface area contributed by atoms with Gasteiger partial charge in [-0.2, -0.15) is 0 Å². The Morgan fingerprint density at radius 3 is 1.31 bits per heavy atom. The molecule has 10 nitrogen and oxygen atoms in total. The van der Waals surface area contributed by atoms with Gasteiger partial charge in [0.2, 0.25) is 0 Å². The van der Waals surface area contributed by atoms with E-state index in [4.69, 9.17) is 18.8 Å². The van der Waals surface area contributed by atoms with Gasteiger partial charge in [-0.3, -0.25) is 4.90 Å². The van der Waals surface area contributed by atoms with Crippen LogP contribution >= 0.6 is 0 Å². The van der Waals surface area contributed by atoms with Crippen LogP contribution in [0.25, 0.3) is 0 Å². The normalized spacial score (nSPS) is 21.2. The molecule has 3 aliphatic rings. The smallest absolute Gasteiger partial charge is 0.410 e. The fraction of sp³-hybridized carbons (Fsp3) is 0.822. The van der Waals surface area contributed by atoms with Gasteiger partial charge in [0.1, 0.15) is 18.3 Å². The molecule has 10 heteroatoms. The van der Waals surface area contributed by atoms with Crippen LogP contribution in [0.15, 0.2) is 32.3 Å². The van der Waals surface area contributed by atoms with Crippen LogP contribution in [0, 0.1) is 27.1 Å². The number of carbonyl (C=O) groups is 2. The van der Waals surface area contributed by atoms with Crippen molar-refractivity contribution in [3.05, 3.63) is 33.8 Å². The van der Waals surface area contributed by atoms with Crippen LogP contribution in [-0.2, 0) is 30.1 Å². The van der Waals surface area contributed by atoms with Crippen molar-refractivity contribution in [1.82, 2.24) is 9.64 Å². The lowest BCUT2D eigenvalue weighted by atomic mass is 9.81.